The molecule has 0 aromatic heterocycles. The number of fused-ring (bicyclic) bond motifs is 2. The average molecular weight is 172 g/mol. The van der Waals surface area contributed by atoms with Crippen LogP contribution in [0.1, 0.15) is 26.3 Å². The third kappa shape index (κ3) is 1.00. The predicted molar refractivity (Wildman–Crippen MR) is 44.1 cm³/mol. The molecule has 1 aromatic carbocycles. The van der Waals surface area contributed by atoms with Gasteiger partial charge in [0.1, 0.15) is 0 Å². The van der Waals surface area contributed by atoms with Crippen LogP contribution in [0.3, 0.4) is 0 Å². The molecule has 1 aromatic rings. The minimum absolute atomic E-state index is 0.277. The Hall–Kier alpha value is -2.08. The van der Waals surface area contributed by atoms with Crippen molar-refractivity contribution >= 4 is 11.9 Å². The molecular formula is C10H4O3. The fourth-order valence-electron chi connectivity index (χ4n) is 1.16. The lowest BCUT2D eigenvalue weighted by molar-refractivity contribution is 0.0384. The molecule has 0 spiro atoms. The van der Waals surface area contributed by atoms with Crippen LogP contribution >= 0.6 is 0 Å². The zero-order valence-electron chi connectivity index (χ0n) is 6.53. The summed E-state index contributed by atoms with van der Waals surface area (Å²) >= 11 is 0. The summed E-state index contributed by atoms with van der Waals surface area (Å²) in [6.45, 7) is 0. The molecule has 0 aliphatic carbocycles. The molecule has 0 atom stereocenters. The van der Waals surface area contributed by atoms with Crippen LogP contribution in [-0.2, 0) is 4.74 Å². The molecule has 1 aliphatic rings. The van der Waals surface area contributed by atoms with Gasteiger partial charge in [-0.15, -0.1) is 6.42 Å². The van der Waals surface area contributed by atoms with Crippen molar-refractivity contribution in [3.8, 4) is 12.3 Å². The molecule has 0 N–H and O–H groups in total. The van der Waals surface area contributed by atoms with E-state index in [1.807, 2.05) is 0 Å². The van der Waals surface area contributed by atoms with Crippen molar-refractivity contribution in [1.82, 2.24) is 0 Å². The van der Waals surface area contributed by atoms with Gasteiger partial charge in [-0.05, 0) is 18.2 Å². The van der Waals surface area contributed by atoms with Crippen LogP contribution in [0.2, 0.25) is 0 Å². The lowest BCUT2D eigenvalue weighted by Gasteiger charge is -2.11. The zero-order chi connectivity index (χ0) is 9.42. The Kier molecular flexibility index (Phi) is 1.43. The van der Waals surface area contributed by atoms with E-state index in [4.69, 9.17) is 6.42 Å². The van der Waals surface area contributed by atoms with Crippen LogP contribution < -0.4 is 0 Å². The Morgan fingerprint density at radius 2 is 2.00 bits per heavy atom. The first-order chi connectivity index (χ1) is 6.22. The van der Waals surface area contributed by atoms with E-state index >= 15 is 0 Å². The normalized spacial score (nSPS) is 13.5. The Morgan fingerprint density at radius 1 is 1.23 bits per heavy atom. The summed E-state index contributed by atoms with van der Waals surface area (Å²) in [6, 6.07) is 4.54. The molecule has 1 heterocycles. The Morgan fingerprint density at radius 3 is 2.69 bits per heavy atom. The summed E-state index contributed by atoms with van der Waals surface area (Å²) in [5, 5.41) is 0. The maximum Gasteiger partial charge on any atom is 0.347 e. The van der Waals surface area contributed by atoms with Gasteiger partial charge in [-0.1, -0.05) is 5.92 Å². The molecule has 62 valence electrons. The SMILES string of the molecule is C#Cc1ccc2cc1C(=O)OC2=O. The molecule has 0 saturated carbocycles. The highest BCUT2D eigenvalue weighted by atomic mass is 16.6. The summed E-state index contributed by atoms with van der Waals surface area (Å²) in [4.78, 5) is 22.1. The molecule has 3 nitrogen and oxygen atoms in total. The third-order valence-electron chi connectivity index (χ3n) is 1.82. The largest absolute Gasteiger partial charge is 0.386 e. The van der Waals surface area contributed by atoms with E-state index in [-0.39, 0.29) is 5.56 Å². The Balaban J connectivity index is 2.72. The molecule has 0 radical (unpaired) electrons. The fraction of sp³-hybridized carbons (Fsp3) is 0. The van der Waals surface area contributed by atoms with Crippen molar-refractivity contribution < 1.29 is 14.3 Å². The first kappa shape index (κ1) is 7.56. The second-order valence-corrected chi connectivity index (χ2v) is 2.58. The molecule has 0 saturated heterocycles. The van der Waals surface area contributed by atoms with Crippen molar-refractivity contribution in [3.05, 3.63) is 34.9 Å². The van der Waals surface area contributed by atoms with E-state index < -0.39 is 11.9 Å². The van der Waals surface area contributed by atoms with Crippen molar-refractivity contribution in [2.24, 2.45) is 0 Å². The predicted octanol–water partition coefficient (Wildman–Crippen LogP) is 0.979. The second kappa shape index (κ2) is 2.46. The quantitative estimate of drug-likeness (QED) is 0.333. The topological polar surface area (TPSA) is 43.4 Å². The number of ether oxygens (including phenoxy) is 1. The van der Waals surface area contributed by atoms with Gasteiger partial charge in [0.2, 0.25) is 0 Å². The molecule has 13 heavy (non-hydrogen) atoms. The number of cyclic esters (lactones) is 2. The zero-order valence-corrected chi connectivity index (χ0v) is 6.53. The van der Waals surface area contributed by atoms with Gasteiger partial charge in [-0.25, -0.2) is 9.59 Å². The monoisotopic (exact) mass is 172 g/mol. The van der Waals surface area contributed by atoms with Gasteiger partial charge >= 0.3 is 11.9 Å². The van der Waals surface area contributed by atoms with Crippen LogP contribution in [0.4, 0.5) is 0 Å². The molecule has 0 unspecified atom stereocenters. The second-order valence-electron chi connectivity index (χ2n) is 2.58. The number of hydrogen-bond donors (Lipinski definition) is 0. The number of carbonyl (C=O) groups is 2. The highest BCUT2D eigenvalue weighted by molar-refractivity contribution is 6.08. The van der Waals surface area contributed by atoms with E-state index in [1.165, 1.54) is 12.1 Å². The van der Waals surface area contributed by atoms with Crippen LogP contribution in [0.5, 0.6) is 0 Å². The summed E-state index contributed by atoms with van der Waals surface area (Å²) in [7, 11) is 0. The van der Waals surface area contributed by atoms with E-state index in [2.05, 4.69) is 10.7 Å². The molecule has 1 aliphatic heterocycles. The lowest BCUT2D eigenvalue weighted by atomic mass is 10.0. The van der Waals surface area contributed by atoms with E-state index in [1.54, 1.807) is 6.07 Å². The maximum atomic E-state index is 11.1. The number of esters is 2. The molecule has 2 bridgehead atoms. The Labute approximate surface area is 74.3 Å². The van der Waals surface area contributed by atoms with Crippen molar-refractivity contribution in [1.29, 1.82) is 0 Å². The molecule has 3 heteroatoms. The summed E-state index contributed by atoms with van der Waals surface area (Å²) in [6.07, 6.45) is 5.15. The van der Waals surface area contributed by atoms with Gasteiger partial charge in [-0.3, -0.25) is 0 Å². The van der Waals surface area contributed by atoms with Gasteiger partial charge in [0, 0.05) is 5.56 Å². The van der Waals surface area contributed by atoms with Crippen LogP contribution in [0.25, 0.3) is 0 Å². The average Bonchev–Trinajstić information content (AvgIpc) is 2.15. The van der Waals surface area contributed by atoms with E-state index in [9.17, 15) is 9.59 Å². The number of carbonyl (C=O) groups excluding carboxylic acids is 2. The van der Waals surface area contributed by atoms with Crippen LogP contribution in [-0.4, -0.2) is 11.9 Å². The minimum atomic E-state index is -0.675. The molecule has 2 rings (SSSR count). The van der Waals surface area contributed by atoms with Gasteiger partial charge in [-0.2, -0.15) is 0 Å². The van der Waals surface area contributed by atoms with Crippen molar-refractivity contribution in [2.75, 3.05) is 0 Å². The van der Waals surface area contributed by atoms with Gasteiger partial charge < -0.3 is 4.74 Å². The van der Waals surface area contributed by atoms with Crippen LogP contribution in [0.15, 0.2) is 18.2 Å². The number of rotatable bonds is 0. The van der Waals surface area contributed by atoms with E-state index in [0.29, 0.717) is 11.1 Å². The smallest absolute Gasteiger partial charge is 0.347 e. The minimum Gasteiger partial charge on any atom is -0.386 e. The van der Waals surface area contributed by atoms with Crippen molar-refractivity contribution in [3.63, 3.8) is 0 Å². The highest BCUT2D eigenvalue weighted by Crippen LogP contribution is 2.18. The lowest BCUT2D eigenvalue weighted by Crippen LogP contribution is -2.19. The van der Waals surface area contributed by atoms with Gasteiger partial charge in [0.05, 0.1) is 11.1 Å². The molecule has 0 fully saturated rings. The third-order valence-corrected chi connectivity index (χ3v) is 1.82. The Bertz CT molecular complexity index is 452. The van der Waals surface area contributed by atoms with Gasteiger partial charge in [0.15, 0.2) is 0 Å². The van der Waals surface area contributed by atoms with Crippen molar-refractivity contribution in [2.45, 2.75) is 0 Å². The first-order valence-electron chi connectivity index (χ1n) is 3.59. The molecular weight excluding hydrogens is 168 g/mol. The molecule has 0 amide bonds. The highest BCUT2D eigenvalue weighted by Gasteiger charge is 2.24. The number of hydrogen-bond acceptors (Lipinski definition) is 3. The summed E-state index contributed by atoms with van der Waals surface area (Å²) in [5.74, 6) is 1.04. The number of benzene rings is 1. The van der Waals surface area contributed by atoms with Gasteiger partial charge in [0.25, 0.3) is 0 Å². The fourth-order valence-corrected chi connectivity index (χ4v) is 1.16. The van der Waals surface area contributed by atoms with Crippen LogP contribution in [0, 0.1) is 12.3 Å². The first-order valence-corrected chi connectivity index (χ1v) is 3.59. The summed E-state index contributed by atoms with van der Waals surface area (Å²) < 4.78 is 4.43. The number of terminal acetylenes is 1. The van der Waals surface area contributed by atoms with E-state index in [0.717, 1.165) is 0 Å². The standard InChI is InChI=1S/C10H4O3/c1-2-6-3-4-7-5-8(6)10(12)13-9(7)11/h1,3-5H. The maximum absolute atomic E-state index is 11.1. The summed E-state index contributed by atoms with van der Waals surface area (Å²) in [5.41, 5.74) is 1.08.